The number of carbonyl (C=O) groups is 1. The lowest BCUT2D eigenvalue weighted by atomic mass is 10.1. The van der Waals surface area contributed by atoms with E-state index in [-0.39, 0.29) is 16.6 Å². The molecule has 4 nitrogen and oxygen atoms in total. The molecule has 0 N–H and O–H groups in total. The molecule has 0 aliphatic rings. The molecule has 0 spiro atoms. The molecule has 7 heteroatoms. The summed E-state index contributed by atoms with van der Waals surface area (Å²) in [5.41, 5.74) is 0.780. The molecule has 0 aliphatic carbocycles. The molecule has 100 valence electrons. The third kappa shape index (κ3) is 3.70. The van der Waals surface area contributed by atoms with Crippen LogP contribution in [0.4, 0.5) is 0 Å². The molecule has 0 aromatic heterocycles. The number of hydrogen-bond donors (Lipinski definition) is 0. The molecular weight excluding hydrogens is 344 g/mol. The van der Waals surface area contributed by atoms with Crippen molar-refractivity contribution in [3.63, 3.8) is 0 Å². The summed E-state index contributed by atoms with van der Waals surface area (Å²) in [6.45, 7) is 5.11. The number of ether oxygens (including phenoxy) is 1. The first-order valence-electron chi connectivity index (χ1n) is 5.08. The van der Waals surface area contributed by atoms with E-state index in [1.54, 1.807) is 20.8 Å². The Morgan fingerprint density at radius 3 is 2.39 bits per heavy atom. The predicted molar refractivity (Wildman–Crippen MR) is 72.5 cm³/mol. The highest BCUT2D eigenvalue weighted by molar-refractivity contribution is 9.10. The van der Waals surface area contributed by atoms with Crippen LogP contribution in [-0.4, -0.2) is 20.5 Å². The van der Waals surface area contributed by atoms with E-state index >= 15 is 0 Å². The second-order valence-electron chi connectivity index (χ2n) is 3.97. The monoisotopic (exact) mass is 354 g/mol. The lowest BCUT2D eigenvalue weighted by Crippen LogP contribution is -2.13. The lowest BCUT2D eigenvalue weighted by Gasteiger charge is -2.12. The van der Waals surface area contributed by atoms with Gasteiger partial charge in [-0.3, -0.25) is 0 Å². The Hall–Kier alpha value is -0.590. The topological polar surface area (TPSA) is 60.4 Å². The van der Waals surface area contributed by atoms with Crippen LogP contribution in [0.1, 0.15) is 29.8 Å². The molecule has 1 aromatic carbocycles. The fourth-order valence-corrected chi connectivity index (χ4v) is 2.68. The molecule has 0 heterocycles. The molecule has 0 saturated heterocycles. The second-order valence-corrected chi connectivity index (χ2v) is 7.39. The van der Waals surface area contributed by atoms with Gasteiger partial charge in [-0.2, -0.15) is 0 Å². The zero-order chi connectivity index (χ0) is 14.1. The number of carbonyl (C=O) groups excluding carboxylic acids is 1. The highest BCUT2D eigenvalue weighted by atomic mass is 79.9. The molecule has 1 rings (SSSR count). The molecule has 0 atom stereocenters. The van der Waals surface area contributed by atoms with Crippen LogP contribution in [0.25, 0.3) is 0 Å². The van der Waals surface area contributed by atoms with Gasteiger partial charge in [-0.05, 0) is 38.5 Å². The third-order valence-corrected chi connectivity index (χ3v) is 4.32. The summed E-state index contributed by atoms with van der Waals surface area (Å²) in [7, 11) is 1.37. The molecule has 18 heavy (non-hydrogen) atoms. The van der Waals surface area contributed by atoms with Crippen LogP contribution in [0.5, 0.6) is 0 Å². The largest absolute Gasteiger partial charge is 0.459 e. The highest BCUT2D eigenvalue weighted by Crippen LogP contribution is 2.27. The van der Waals surface area contributed by atoms with E-state index < -0.39 is 15.0 Å². The van der Waals surface area contributed by atoms with Crippen LogP contribution >= 0.6 is 26.6 Å². The lowest BCUT2D eigenvalue weighted by molar-refractivity contribution is 0.0376. The van der Waals surface area contributed by atoms with Crippen LogP contribution in [0, 0.1) is 6.92 Å². The fraction of sp³-hybridized carbons (Fsp3) is 0.364. The van der Waals surface area contributed by atoms with Gasteiger partial charge in [0.15, 0.2) is 0 Å². The van der Waals surface area contributed by atoms with Gasteiger partial charge in [0, 0.05) is 15.2 Å². The minimum absolute atomic E-state index is 0.141. The zero-order valence-corrected chi connectivity index (χ0v) is 13.2. The first-order chi connectivity index (χ1) is 8.12. The summed E-state index contributed by atoms with van der Waals surface area (Å²) >= 11 is 3.19. The third-order valence-electron chi connectivity index (χ3n) is 2.16. The van der Waals surface area contributed by atoms with Crippen molar-refractivity contribution >= 4 is 41.6 Å². The van der Waals surface area contributed by atoms with Crippen LogP contribution in [-0.2, 0) is 13.8 Å². The second kappa shape index (κ2) is 5.59. The van der Waals surface area contributed by atoms with Crippen molar-refractivity contribution in [2.45, 2.75) is 31.8 Å². The molecule has 1 aromatic rings. The zero-order valence-electron chi connectivity index (χ0n) is 10.0. The van der Waals surface area contributed by atoms with Gasteiger partial charge in [0.25, 0.3) is 9.05 Å². The molecule has 0 bridgehead atoms. The number of halogens is 2. The van der Waals surface area contributed by atoms with Gasteiger partial charge < -0.3 is 4.74 Å². The van der Waals surface area contributed by atoms with Crippen molar-refractivity contribution in [3.8, 4) is 0 Å². The maximum Gasteiger partial charge on any atom is 0.338 e. The minimum atomic E-state index is -3.89. The number of benzene rings is 1. The first-order valence-corrected chi connectivity index (χ1v) is 8.19. The summed E-state index contributed by atoms with van der Waals surface area (Å²) < 4.78 is 28.1. The van der Waals surface area contributed by atoms with E-state index in [0.29, 0.717) is 10.0 Å². The van der Waals surface area contributed by atoms with Gasteiger partial charge in [-0.25, -0.2) is 13.2 Å². The van der Waals surface area contributed by atoms with Gasteiger partial charge in [-0.1, -0.05) is 15.9 Å². The maximum atomic E-state index is 11.8. The summed E-state index contributed by atoms with van der Waals surface area (Å²) in [5.74, 6) is -0.578. The van der Waals surface area contributed by atoms with Crippen molar-refractivity contribution < 1.29 is 17.9 Å². The average Bonchev–Trinajstić information content (AvgIpc) is 2.18. The summed E-state index contributed by atoms with van der Waals surface area (Å²) in [5, 5.41) is 0. The van der Waals surface area contributed by atoms with Gasteiger partial charge in [0.1, 0.15) is 0 Å². The smallest absolute Gasteiger partial charge is 0.338 e. The normalized spacial score (nSPS) is 11.7. The van der Waals surface area contributed by atoms with E-state index in [1.807, 2.05) is 0 Å². The van der Waals surface area contributed by atoms with Gasteiger partial charge in [-0.15, -0.1) is 0 Å². The standard InChI is InChI=1S/C11H12BrClO4S/c1-6(2)17-11(14)9-4-8(18(13,15)16)5-10(12)7(9)3/h4-6H,1-3H3. The van der Waals surface area contributed by atoms with E-state index in [0.717, 1.165) is 0 Å². The van der Waals surface area contributed by atoms with Crippen molar-refractivity contribution in [2.24, 2.45) is 0 Å². The fourth-order valence-electron chi connectivity index (χ4n) is 1.28. The SMILES string of the molecule is Cc1c(Br)cc(S(=O)(=O)Cl)cc1C(=O)OC(C)C. The van der Waals surface area contributed by atoms with Crippen LogP contribution < -0.4 is 0 Å². The minimum Gasteiger partial charge on any atom is -0.459 e. The number of hydrogen-bond acceptors (Lipinski definition) is 4. The Balaban J connectivity index is 3.36. The van der Waals surface area contributed by atoms with Crippen molar-refractivity contribution in [1.29, 1.82) is 0 Å². The van der Waals surface area contributed by atoms with Crippen molar-refractivity contribution in [1.82, 2.24) is 0 Å². The summed E-state index contributed by atoms with van der Waals surface area (Å²) in [4.78, 5) is 11.7. The maximum absolute atomic E-state index is 11.8. The Morgan fingerprint density at radius 1 is 1.39 bits per heavy atom. The van der Waals surface area contributed by atoms with Gasteiger partial charge in [0.05, 0.1) is 16.6 Å². The molecule has 0 saturated carbocycles. The predicted octanol–water partition coefficient (Wildman–Crippen LogP) is 3.25. The Labute approximate surface area is 119 Å². The van der Waals surface area contributed by atoms with Crippen molar-refractivity contribution in [2.75, 3.05) is 0 Å². The average molecular weight is 356 g/mol. The van der Waals surface area contributed by atoms with Gasteiger partial charge in [0.2, 0.25) is 0 Å². The Bertz CT molecular complexity index is 581. The molecule has 0 amide bonds. The van der Waals surface area contributed by atoms with E-state index in [9.17, 15) is 13.2 Å². The molecule has 0 aliphatic heterocycles. The number of rotatable bonds is 3. The van der Waals surface area contributed by atoms with Crippen molar-refractivity contribution in [3.05, 3.63) is 27.7 Å². The Kier molecular flexibility index (Phi) is 4.80. The molecular formula is C11H12BrClO4S. The molecule has 0 radical (unpaired) electrons. The van der Waals surface area contributed by atoms with Crippen LogP contribution in [0.3, 0.4) is 0 Å². The van der Waals surface area contributed by atoms with E-state index in [1.165, 1.54) is 12.1 Å². The van der Waals surface area contributed by atoms with Gasteiger partial charge >= 0.3 is 5.97 Å². The quantitative estimate of drug-likeness (QED) is 0.617. The summed E-state index contributed by atoms with van der Waals surface area (Å²) in [6.07, 6.45) is -0.285. The summed E-state index contributed by atoms with van der Waals surface area (Å²) in [6, 6.07) is 2.57. The molecule has 0 unspecified atom stereocenters. The molecule has 0 fully saturated rings. The first kappa shape index (κ1) is 15.5. The Morgan fingerprint density at radius 2 is 1.94 bits per heavy atom. The highest BCUT2D eigenvalue weighted by Gasteiger charge is 2.20. The number of esters is 1. The van der Waals surface area contributed by atoms with E-state index in [4.69, 9.17) is 15.4 Å². The van der Waals surface area contributed by atoms with Crippen LogP contribution in [0.2, 0.25) is 0 Å². The van der Waals surface area contributed by atoms with Crippen LogP contribution in [0.15, 0.2) is 21.5 Å². The van der Waals surface area contributed by atoms with E-state index in [2.05, 4.69) is 15.9 Å².